The highest BCUT2D eigenvalue weighted by atomic mass is 79.9. The summed E-state index contributed by atoms with van der Waals surface area (Å²) in [6, 6.07) is 13.1. The van der Waals surface area contributed by atoms with Crippen molar-refractivity contribution in [3.8, 4) is 0 Å². The minimum atomic E-state index is -0.709. The number of amides is 1. The lowest BCUT2D eigenvalue weighted by atomic mass is 9.98. The van der Waals surface area contributed by atoms with Crippen LogP contribution < -0.4 is 10.3 Å². The number of fused-ring (bicyclic) bond motifs is 2. The van der Waals surface area contributed by atoms with Gasteiger partial charge in [-0.3, -0.25) is 14.5 Å². The second kappa shape index (κ2) is 6.57. The van der Waals surface area contributed by atoms with E-state index in [-0.39, 0.29) is 16.8 Å². The summed E-state index contributed by atoms with van der Waals surface area (Å²) in [7, 11) is 0. The van der Waals surface area contributed by atoms with E-state index in [1.165, 1.54) is 4.90 Å². The molecule has 144 valence electrons. The molecule has 2 aromatic carbocycles. The van der Waals surface area contributed by atoms with Crippen LogP contribution in [0.2, 0.25) is 5.02 Å². The zero-order valence-corrected chi connectivity index (χ0v) is 17.3. The maximum absolute atomic E-state index is 13.4. The quantitative estimate of drug-likeness (QED) is 0.399. The van der Waals surface area contributed by atoms with Crippen LogP contribution >= 0.6 is 27.5 Å². The van der Waals surface area contributed by atoms with Gasteiger partial charge in [0.1, 0.15) is 11.3 Å². The molecule has 1 atom stereocenters. The van der Waals surface area contributed by atoms with Crippen molar-refractivity contribution < 1.29 is 13.7 Å². The van der Waals surface area contributed by atoms with Crippen LogP contribution in [0.1, 0.15) is 33.5 Å². The molecule has 0 spiro atoms. The van der Waals surface area contributed by atoms with Crippen molar-refractivity contribution in [1.29, 1.82) is 0 Å². The minimum Gasteiger partial charge on any atom is -0.450 e. The molecule has 6 nitrogen and oxygen atoms in total. The van der Waals surface area contributed by atoms with E-state index in [4.69, 9.17) is 20.5 Å². The SMILES string of the molecule is Cc1cc(N2C(=O)c3oc4ccc(Cl)cc4c(=O)c3[C@@H]2c2cccc(Br)c2)no1. The van der Waals surface area contributed by atoms with Crippen LogP contribution in [0.3, 0.4) is 0 Å². The molecule has 5 rings (SSSR count). The Morgan fingerprint density at radius 1 is 1.14 bits per heavy atom. The summed E-state index contributed by atoms with van der Waals surface area (Å²) < 4.78 is 11.9. The second-order valence-electron chi connectivity index (χ2n) is 6.74. The molecule has 3 heterocycles. The number of aryl methyl sites for hydroxylation is 1. The van der Waals surface area contributed by atoms with Gasteiger partial charge < -0.3 is 8.94 Å². The summed E-state index contributed by atoms with van der Waals surface area (Å²) in [4.78, 5) is 28.2. The van der Waals surface area contributed by atoms with Crippen LogP contribution in [0.25, 0.3) is 11.0 Å². The number of hydrogen-bond donors (Lipinski definition) is 0. The van der Waals surface area contributed by atoms with E-state index in [0.29, 0.717) is 27.6 Å². The summed E-state index contributed by atoms with van der Waals surface area (Å²) in [5.41, 5.74) is 0.992. The maximum Gasteiger partial charge on any atom is 0.296 e. The Morgan fingerprint density at radius 2 is 1.97 bits per heavy atom. The van der Waals surface area contributed by atoms with Gasteiger partial charge in [-0.05, 0) is 42.8 Å². The van der Waals surface area contributed by atoms with Crippen LogP contribution in [0.4, 0.5) is 5.82 Å². The molecule has 0 unspecified atom stereocenters. The summed E-state index contributed by atoms with van der Waals surface area (Å²) in [6.07, 6.45) is 0. The predicted octanol–water partition coefficient (Wildman–Crippen LogP) is 5.26. The van der Waals surface area contributed by atoms with E-state index in [0.717, 1.165) is 10.0 Å². The monoisotopic (exact) mass is 470 g/mol. The topological polar surface area (TPSA) is 76.6 Å². The van der Waals surface area contributed by atoms with Gasteiger partial charge in [-0.15, -0.1) is 0 Å². The third kappa shape index (κ3) is 2.81. The van der Waals surface area contributed by atoms with Crippen LogP contribution in [-0.4, -0.2) is 11.1 Å². The smallest absolute Gasteiger partial charge is 0.296 e. The number of anilines is 1. The first-order valence-electron chi connectivity index (χ1n) is 8.72. The van der Waals surface area contributed by atoms with Crippen LogP contribution in [0.5, 0.6) is 0 Å². The molecule has 8 heteroatoms. The molecule has 29 heavy (non-hydrogen) atoms. The van der Waals surface area contributed by atoms with Crippen molar-refractivity contribution in [2.75, 3.05) is 4.90 Å². The molecule has 0 N–H and O–H groups in total. The number of rotatable bonds is 2. The van der Waals surface area contributed by atoms with E-state index < -0.39 is 11.9 Å². The first-order valence-corrected chi connectivity index (χ1v) is 9.90. The molecule has 0 aliphatic carbocycles. The molecule has 0 radical (unpaired) electrons. The molecular formula is C21H12BrClN2O4. The number of nitrogens with zero attached hydrogens (tertiary/aromatic N) is 2. The molecule has 1 aliphatic rings. The van der Waals surface area contributed by atoms with Crippen LogP contribution in [-0.2, 0) is 0 Å². The highest BCUT2D eigenvalue weighted by Gasteiger charge is 2.44. The fourth-order valence-corrected chi connectivity index (χ4v) is 4.23. The summed E-state index contributed by atoms with van der Waals surface area (Å²) in [5.74, 6) is 0.404. The lowest BCUT2D eigenvalue weighted by molar-refractivity contribution is 0.0969. The Morgan fingerprint density at radius 3 is 2.69 bits per heavy atom. The molecular weight excluding hydrogens is 460 g/mol. The molecule has 0 bridgehead atoms. The Hall–Kier alpha value is -2.90. The third-order valence-corrected chi connectivity index (χ3v) is 5.59. The van der Waals surface area contributed by atoms with Gasteiger partial charge in [0.25, 0.3) is 5.91 Å². The lowest BCUT2D eigenvalue weighted by Gasteiger charge is -2.22. The van der Waals surface area contributed by atoms with Gasteiger partial charge in [0.2, 0.25) is 5.76 Å². The number of hydrogen-bond acceptors (Lipinski definition) is 5. The molecule has 0 saturated heterocycles. The molecule has 0 saturated carbocycles. The van der Waals surface area contributed by atoms with Gasteiger partial charge >= 0.3 is 0 Å². The van der Waals surface area contributed by atoms with E-state index in [9.17, 15) is 9.59 Å². The number of aromatic nitrogens is 1. The van der Waals surface area contributed by atoms with Gasteiger partial charge in [0.15, 0.2) is 11.2 Å². The first-order chi connectivity index (χ1) is 13.9. The normalized spacial score (nSPS) is 15.9. The van der Waals surface area contributed by atoms with Gasteiger partial charge in [-0.1, -0.05) is 44.8 Å². The van der Waals surface area contributed by atoms with Crippen molar-refractivity contribution in [3.05, 3.63) is 90.9 Å². The minimum absolute atomic E-state index is 0.00421. The summed E-state index contributed by atoms with van der Waals surface area (Å²) in [6.45, 7) is 1.73. The highest BCUT2D eigenvalue weighted by Crippen LogP contribution is 2.41. The molecule has 1 aliphatic heterocycles. The molecule has 2 aromatic heterocycles. The number of benzene rings is 2. The van der Waals surface area contributed by atoms with Crippen molar-refractivity contribution in [2.24, 2.45) is 0 Å². The zero-order chi connectivity index (χ0) is 20.3. The van der Waals surface area contributed by atoms with E-state index in [1.54, 1.807) is 31.2 Å². The maximum atomic E-state index is 13.4. The number of carbonyl (C=O) groups is 1. The largest absolute Gasteiger partial charge is 0.450 e. The Bertz CT molecular complexity index is 1360. The van der Waals surface area contributed by atoms with Gasteiger partial charge in [0.05, 0.1) is 17.0 Å². The Kier molecular flexibility index (Phi) is 4.11. The van der Waals surface area contributed by atoms with Crippen molar-refractivity contribution in [1.82, 2.24) is 5.16 Å². The van der Waals surface area contributed by atoms with Crippen LogP contribution in [0.15, 0.2) is 66.7 Å². The highest BCUT2D eigenvalue weighted by molar-refractivity contribution is 9.10. The number of halogens is 2. The van der Waals surface area contributed by atoms with Crippen molar-refractivity contribution in [3.63, 3.8) is 0 Å². The fourth-order valence-electron chi connectivity index (χ4n) is 3.64. The second-order valence-corrected chi connectivity index (χ2v) is 8.10. The zero-order valence-electron chi connectivity index (χ0n) is 15.0. The summed E-state index contributed by atoms with van der Waals surface area (Å²) in [5, 5.41) is 4.73. The average Bonchev–Trinajstić information content (AvgIpc) is 3.24. The lowest BCUT2D eigenvalue weighted by Crippen LogP contribution is -2.29. The van der Waals surface area contributed by atoms with Crippen molar-refractivity contribution in [2.45, 2.75) is 13.0 Å². The van der Waals surface area contributed by atoms with E-state index in [2.05, 4.69) is 21.1 Å². The first kappa shape index (κ1) is 18.1. The Balaban J connectivity index is 1.84. The molecule has 0 fully saturated rings. The van der Waals surface area contributed by atoms with E-state index in [1.807, 2.05) is 24.3 Å². The van der Waals surface area contributed by atoms with Crippen molar-refractivity contribution >= 4 is 50.2 Å². The summed E-state index contributed by atoms with van der Waals surface area (Å²) >= 11 is 9.54. The third-order valence-electron chi connectivity index (χ3n) is 4.86. The molecule has 1 amide bonds. The van der Waals surface area contributed by atoms with E-state index >= 15 is 0 Å². The van der Waals surface area contributed by atoms with Gasteiger partial charge in [-0.25, -0.2) is 0 Å². The average molecular weight is 472 g/mol. The molecule has 4 aromatic rings. The number of carbonyl (C=O) groups excluding carboxylic acids is 1. The van der Waals surface area contributed by atoms with Crippen LogP contribution in [0, 0.1) is 6.92 Å². The van der Waals surface area contributed by atoms with Gasteiger partial charge in [0, 0.05) is 15.6 Å². The fraction of sp³-hybridized carbons (Fsp3) is 0.0952. The standard InChI is InChI=1S/C21H12BrClN2O4/c1-10-7-16(24-29-10)25-18(11-3-2-4-12(22)8-11)17-19(26)14-9-13(23)5-6-15(14)28-20(17)21(25)27/h2-9,18H,1H3/t18-/m0/s1. The Labute approximate surface area is 177 Å². The predicted molar refractivity (Wildman–Crippen MR) is 112 cm³/mol. The van der Waals surface area contributed by atoms with Gasteiger partial charge in [-0.2, -0.15) is 0 Å².